The van der Waals surface area contributed by atoms with E-state index in [1.165, 1.54) is 30.7 Å². The van der Waals surface area contributed by atoms with Gasteiger partial charge in [-0.05, 0) is 45.7 Å². The number of hydrogen-bond donors (Lipinski definition) is 1. The van der Waals surface area contributed by atoms with E-state index in [1.807, 2.05) is 6.92 Å². The molecular formula is C15H24ClN3OS. The van der Waals surface area contributed by atoms with Crippen LogP contribution in [-0.2, 0) is 11.2 Å². The van der Waals surface area contributed by atoms with Gasteiger partial charge in [-0.25, -0.2) is 4.98 Å². The molecule has 1 saturated heterocycles. The monoisotopic (exact) mass is 329 g/mol. The predicted octanol–water partition coefficient (Wildman–Crippen LogP) is 2.89. The lowest BCUT2D eigenvalue weighted by Crippen LogP contribution is -2.33. The van der Waals surface area contributed by atoms with Gasteiger partial charge in [0.1, 0.15) is 4.34 Å². The van der Waals surface area contributed by atoms with E-state index in [9.17, 15) is 4.79 Å². The lowest BCUT2D eigenvalue weighted by Gasteiger charge is -2.29. The highest BCUT2D eigenvalue weighted by molar-refractivity contribution is 7.16. The highest BCUT2D eigenvalue weighted by Crippen LogP contribution is 2.23. The minimum atomic E-state index is 0.155. The SMILES string of the molecule is Cc1nc(CCNC(=O)CCC2CCCN(C)C2)sc1Cl. The molecule has 0 saturated carbocycles. The van der Waals surface area contributed by atoms with Gasteiger partial charge in [0, 0.05) is 25.9 Å². The standard InChI is InChI=1S/C15H24ClN3OS/c1-11-15(16)21-14(18-11)7-8-17-13(20)6-5-12-4-3-9-19(2)10-12/h12H,3-10H2,1-2H3,(H,17,20). The van der Waals surface area contributed by atoms with Gasteiger partial charge >= 0.3 is 0 Å². The van der Waals surface area contributed by atoms with E-state index in [0.29, 0.717) is 18.9 Å². The minimum Gasteiger partial charge on any atom is -0.356 e. The van der Waals surface area contributed by atoms with Gasteiger partial charge in [-0.2, -0.15) is 0 Å². The van der Waals surface area contributed by atoms with Crippen molar-refractivity contribution in [2.24, 2.45) is 5.92 Å². The smallest absolute Gasteiger partial charge is 0.220 e. The first-order valence-electron chi connectivity index (χ1n) is 7.61. The first-order chi connectivity index (χ1) is 10.0. The van der Waals surface area contributed by atoms with Crippen LogP contribution in [0.3, 0.4) is 0 Å². The Labute approximate surface area is 135 Å². The molecule has 1 aliphatic rings. The Hall–Kier alpha value is -0.650. The maximum Gasteiger partial charge on any atom is 0.220 e. The summed E-state index contributed by atoms with van der Waals surface area (Å²) in [5.74, 6) is 0.831. The molecule has 1 fully saturated rings. The maximum absolute atomic E-state index is 11.9. The summed E-state index contributed by atoms with van der Waals surface area (Å²) in [4.78, 5) is 18.6. The Kier molecular flexibility index (Phi) is 6.45. The molecule has 6 heteroatoms. The van der Waals surface area contributed by atoms with Crippen LogP contribution in [0.25, 0.3) is 0 Å². The number of thiazole rings is 1. The van der Waals surface area contributed by atoms with E-state index in [0.717, 1.165) is 34.4 Å². The van der Waals surface area contributed by atoms with Gasteiger partial charge in [-0.3, -0.25) is 4.79 Å². The molecule has 1 atom stereocenters. The molecule has 0 bridgehead atoms. The van der Waals surface area contributed by atoms with Crippen LogP contribution in [0.2, 0.25) is 4.34 Å². The number of piperidine rings is 1. The third-order valence-electron chi connectivity index (χ3n) is 3.95. The molecule has 2 rings (SSSR count). The van der Waals surface area contributed by atoms with Crippen molar-refractivity contribution in [2.45, 2.75) is 39.0 Å². The van der Waals surface area contributed by atoms with E-state index in [1.54, 1.807) is 0 Å². The van der Waals surface area contributed by atoms with Gasteiger partial charge in [-0.15, -0.1) is 11.3 Å². The Morgan fingerprint density at radius 1 is 1.57 bits per heavy atom. The fourth-order valence-corrected chi connectivity index (χ4v) is 3.88. The maximum atomic E-state index is 11.9. The average molecular weight is 330 g/mol. The molecule has 2 heterocycles. The first kappa shape index (κ1) is 16.7. The number of rotatable bonds is 6. The van der Waals surface area contributed by atoms with Crippen LogP contribution in [0.15, 0.2) is 0 Å². The number of amides is 1. The van der Waals surface area contributed by atoms with Gasteiger partial charge in [-0.1, -0.05) is 11.6 Å². The van der Waals surface area contributed by atoms with Gasteiger partial charge in [0.05, 0.1) is 10.7 Å². The second kappa shape index (κ2) is 8.11. The lowest BCUT2D eigenvalue weighted by molar-refractivity contribution is -0.121. The van der Waals surface area contributed by atoms with Crippen molar-refractivity contribution >= 4 is 28.8 Å². The second-order valence-corrected chi connectivity index (χ2v) is 7.56. The highest BCUT2D eigenvalue weighted by Gasteiger charge is 2.17. The molecule has 0 spiro atoms. The molecule has 1 amide bonds. The topological polar surface area (TPSA) is 45.2 Å². The molecule has 118 valence electrons. The van der Waals surface area contributed by atoms with Gasteiger partial charge in [0.2, 0.25) is 5.91 Å². The molecule has 1 aromatic rings. The molecule has 4 nitrogen and oxygen atoms in total. The number of carbonyl (C=O) groups excluding carboxylic acids is 1. The highest BCUT2D eigenvalue weighted by atomic mass is 35.5. The average Bonchev–Trinajstić information content (AvgIpc) is 2.75. The summed E-state index contributed by atoms with van der Waals surface area (Å²) in [5, 5.41) is 3.97. The van der Waals surface area contributed by atoms with Crippen LogP contribution in [-0.4, -0.2) is 42.5 Å². The van der Waals surface area contributed by atoms with Crippen molar-refractivity contribution in [1.82, 2.24) is 15.2 Å². The molecule has 21 heavy (non-hydrogen) atoms. The van der Waals surface area contributed by atoms with E-state index in [4.69, 9.17) is 11.6 Å². The number of carbonyl (C=O) groups is 1. The largest absolute Gasteiger partial charge is 0.356 e. The Morgan fingerprint density at radius 2 is 2.38 bits per heavy atom. The van der Waals surface area contributed by atoms with Crippen LogP contribution >= 0.6 is 22.9 Å². The molecule has 1 N–H and O–H groups in total. The van der Waals surface area contributed by atoms with Gasteiger partial charge in [0.25, 0.3) is 0 Å². The fraction of sp³-hybridized carbons (Fsp3) is 0.733. The number of aromatic nitrogens is 1. The van der Waals surface area contributed by atoms with E-state index in [2.05, 4.69) is 22.2 Å². The first-order valence-corrected chi connectivity index (χ1v) is 8.81. The molecule has 1 unspecified atom stereocenters. The third-order valence-corrected chi connectivity index (χ3v) is 5.46. The summed E-state index contributed by atoms with van der Waals surface area (Å²) in [5.41, 5.74) is 0.879. The number of likely N-dealkylation sites (tertiary alicyclic amines) is 1. The second-order valence-electron chi connectivity index (χ2n) is 5.88. The zero-order chi connectivity index (χ0) is 15.2. The Morgan fingerprint density at radius 3 is 3.05 bits per heavy atom. The van der Waals surface area contributed by atoms with Crippen molar-refractivity contribution in [3.63, 3.8) is 0 Å². The zero-order valence-electron chi connectivity index (χ0n) is 12.8. The van der Waals surface area contributed by atoms with E-state index in [-0.39, 0.29) is 5.91 Å². The summed E-state index contributed by atoms with van der Waals surface area (Å²) in [6.45, 7) is 4.87. The summed E-state index contributed by atoms with van der Waals surface area (Å²) >= 11 is 7.48. The van der Waals surface area contributed by atoms with Crippen molar-refractivity contribution in [3.05, 3.63) is 15.0 Å². The number of nitrogens with zero attached hydrogens (tertiary/aromatic N) is 2. The van der Waals surface area contributed by atoms with Crippen molar-refractivity contribution in [3.8, 4) is 0 Å². The summed E-state index contributed by atoms with van der Waals surface area (Å²) < 4.78 is 0.748. The van der Waals surface area contributed by atoms with Gasteiger partial charge in [0.15, 0.2) is 0 Å². The van der Waals surface area contributed by atoms with Crippen LogP contribution in [0.1, 0.15) is 36.4 Å². The molecule has 0 aromatic carbocycles. The molecule has 0 aliphatic carbocycles. The van der Waals surface area contributed by atoms with Crippen LogP contribution in [0, 0.1) is 12.8 Å². The molecule has 1 aromatic heterocycles. The number of halogens is 1. The normalized spacial score (nSPS) is 19.7. The van der Waals surface area contributed by atoms with Crippen LogP contribution < -0.4 is 5.32 Å². The van der Waals surface area contributed by atoms with Crippen LogP contribution in [0.4, 0.5) is 0 Å². The van der Waals surface area contributed by atoms with Crippen LogP contribution in [0.5, 0.6) is 0 Å². The number of hydrogen-bond acceptors (Lipinski definition) is 4. The summed E-state index contributed by atoms with van der Waals surface area (Å²) in [6.07, 6.45) is 4.91. The van der Waals surface area contributed by atoms with Crippen molar-refractivity contribution < 1.29 is 4.79 Å². The fourth-order valence-electron chi connectivity index (χ4n) is 2.78. The Bertz CT molecular complexity index is 458. The summed E-state index contributed by atoms with van der Waals surface area (Å²) in [6, 6.07) is 0. The van der Waals surface area contributed by atoms with E-state index >= 15 is 0 Å². The van der Waals surface area contributed by atoms with Crippen molar-refractivity contribution in [2.75, 3.05) is 26.7 Å². The lowest BCUT2D eigenvalue weighted by atomic mass is 9.93. The summed E-state index contributed by atoms with van der Waals surface area (Å²) in [7, 11) is 2.16. The Balaban J connectivity index is 1.61. The molecule has 0 radical (unpaired) electrons. The number of nitrogens with one attached hydrogen (secondary N) is 1. The molecule has 1 aliphatic heterocycles. The third kappa shape index (κ3) is 5.57. The van der Waals surface area contributed by atoms with Gasteiger partial charge < -0.3 is 10.2 Å². The molecular weight excluding hydrogens is 306 g/mol. The number of aryl methyl sites for hydroxylation is 1. The minimum absolute atomic E-state index is 0.155. The van der Waals surface area contributed by atoms with Crippen molar-refractivity contribution in [1.29, 1.82) is 0 Å². The van der Waals surface area contributed by atoms with E-state index < -0.39 is 0 Å². The zero-order valence-corrected chi connectivity index (χ0v) is 14.4. The quantitative estimate of drug-likeness (QED) is 0.872. The predicted molar refractivity (Wildman–Crippen MR) is 88.0 cm³/mol.